The Morgan fingerprint density at radius 3 is 2.61 bits per heavy atom. The molecule has 2 fully saturated rings. The van der Waals surface area contributed by atoms with Crippen molar-refractivity contribution in [2.75, 3.05) is 26.2 Å². The Morgan fingerprint density at radius 1 is 1.39 bits per heavy atom. The number of rotatable bonds is 6. The average molecular weight is 330 g/mol. The summed E-state index contributed by atoms with van der Waals surface area (Å²) in [5.74, 6) is -0.213. The maximum atomic E-state index is 12.8. The second-order valence-corrected chi connectivity index (χ2v) is 6.55. The highest BCUT2D eigenvalue weighted by molar-refractivity contribution is 5.78. The highest BCUT2D eigenvalue weighted by atomic mass is 19.4. The molecule has 0 unspecified atom stereocenters. The van der Waals surface area contributed by atoms with Crippen LogP contribution in [0.1, 0.15) is 25.8 Å². The third-order valence-corrected chi connectivity index (χ3v) is 4.66. The molecule has 0 radical (unpaired) electrons. The van der Waals surface area contributed by atoms with Crippen LogP contribution < -0.4 is 0 Å². The normalized spacial score (nSPS) is 21.0. The van der Waals surface area contributed by atoms with Gasteiger partial charge in [0.15, 0.2) is 0 Å². The standard InChI is InChI=1S/C15H21F3N4O/c1-11(12-3-4-12)21(10-15(16,17)18)14(23)9-20-7-13(8-20)22-6-2-5-19-22/h2,5-6,11-13H,3-4,7-10H2,1H3/t11-/m1/s1. The van der Waals surface area contributed by atoms with Crippen molar-refractivity contribution in [3.05, 3.63) is 18.5 Å². The lowest BCUT2D eigenvalue weighted by atomic mass is 10.1. The summed E-state index contributed by atoms with van der Waals surface area (Å²) in [5.41, 5.74) is 0. The van der Waals surface area contributed by atoms with Crippen molar-refractivity contribution in [2.24, 2.45) is 5.92 Å². The highest BCUT2D eigenvalue weighted by Crippen LogP contribution is 2.36. The number of carbonyl (C=O) groups excluding carboxylic acids is 1. The molecule has 1 aromatic heterocycles. The van der Waals surface area contributed by atoms with Gasteiger partial charge in [0.1, 0.15) is 6.54 Å². The van der Waals surface area contributed by atoms with Crippen molar-refractivity contribution in [3.8, 4) is 0 Å². The van der Waals surface area contributed by atoms with Crippen molar-refractivity contribution in [1.29, 1.82) is 0 Å². The van der Waals surface area contributed by atoms with E-state index in [4.69, 9.17) is 0 Å². The molecule has 1 amide bonds. The largest absolute Gasteiger partial charge is 0.406 e. The van der Waals surface area contributed by atoms with E-state index >= 15 is 0 Å². The van der Waals surface area contributed by atoms with Gasteiger partial charge in [-0.15, -0.1) is 0 Å². The van der Waals surface area contributed by atoms with Crippen LogP contribution >= 0.6 is 0 Å². The molecule has 0 spiro atoms. The first-order chi connectivity index (χ1) is 10.8. The van der Waals surface area contributed by atoms with Crippen molar-refractivity contribution in [3.63, 3.8) is 0 Å². The Hall–Kier alpha value is -1.57. The van der Waals surface area contributed by atoms with Crippen LogP contribution in [0.3, 0.4) is 0 Å². The van der Waals surface area contributed by atoms with Crippen molar-refractivity contribution in [1.82, 2.24) is 19.6 Å². The molecule has 1 aliphatic carbocycles. The summed E-state index contributed by atoms with van der Waals surface area (Å²) in [6.45, 7) is 1.91. The van der Waals surface area contributed by atoms with Gasteiger partial charge in [0, 0.05) is 31.5 Å². The minimum atomic E-state index is -4.36. The minimum Gasteiger partial charge on any atom is -0.329 e. The van der Waals surface area contributed by atoms with Crippen LogP contribution in [0.25, 0.3) is 0 Å². The summed E-state index contributed by atoms with van der Waals surface area (Å²) >= 11 is 0. The predicted octanol–water partition coefficient (Wildman–Crippen LogP) is 1.93. The first-order valence-electron chi connectivity index (χ1n) is 7.91. The number of aromatic nitrogens is 2. The molecule has 1 aromatic rings. The van der Waals surface area contributed by atoms with Gasteiger partial charge >= 0.3 is 6.18 Å². The Morgan fingerprint density at radius 2 is 2.09 bits per heavy atom. The zero-order valence-electron chi connectivity index (χ0n) is 13.0. The van der Waals surface area contributed by atoms with E-state index in [0.29, 0.717) is 13.1 Å². The molecule has 0 aromatic carbocycles. The topological polar surface area (TPSA) is 41.4 Å². The lowest BCUT2D eigenvalue weighted by Gasteiger charge is -2.40. The molecule has 0 N–H and O–H groups in total. The number of likely N-dealkylation sites (tertiary alicyclic amines) is 1. The number of hydrogen-bond acceptors (Lipinski definition) is 3. The third-order valence-electron chi connectivity index (χ3n) is 4.66. The summed E-state index contributed by atoms with van der Waals surface area (Å²) in [6.07, 6.45) is 1.01. The van der Waals surface area contributed by atoms with Crippen molar-refractivity contribution in [2.45, 2.75) is 38.0 Å². The maximum absolute atomic E-state index is 12.8. The fraction of sp³-hybridized carbons (Fsp3) is 0.733. The number of alkyl halides is 3. The second-order valence-electron chi connectivity index (χ2n) is 6.55. The summed E-state index contributed by atoms with van der Waals surface area (Å²) in [6, 6.07) is 1.69. The van der Waals surface area contributed by atoms with Crippen LogP contribution in [0, 0.1) is 5.92 Å². The van der Waals surface area contributed by atoms with E-state index in [1.54, 1.807) is 13.1 Å². The second kappa shape index (κ2) is 6.14. The molecule has 23 heavy (non-hydrogen) atoms. The Kier molecular flexibility index (Phi) is 4.35. The number of hydrogen-bond donors (Lipinski definition) is 0. The average Bonchev–Trinajstić information content (AvgIpc) is 3.14. The third kappa shape index (κ3) is 4.04. The fourth-order valence-corrected chi connectivity index (χ4v) is 3.10. The predicted molar refractivity (Wildman–Crippen MR) is 77.7 cm³/mol. The molecule has 1 saturated heterocycles. The van der Waals surface area contributed by atoms with Crippen LogP contribution in [0.5, 0.6) is 0 Å². The van der Waals surface area contributed by atoms with Crippen LogP contribution in [0.2, 0.25) is 0 Å². The summed E-state index contributed by atoms with van der Waals surface area (Å²) in [5, 5.41) is 4.14. The quantitative estimate of drug-likeness (QED) is 0.800. The van der Waals surface area contributed by atoms with Gasteiger partial charge in [0.2, 0.25) is 5.91 Å². The van der Waals surface area contributed by atoms with E-state index in [9.17, 15) is 18.0 Å². The van der Waals surface area contributed by atoms with Gasteiger partial charge in [0.25, 0.3) is 0 Å². The zero-order chi connectivity index (χ0) is 16.6. The lowest BCUT2D eigenvalue weighted by molar-refractivity contribution is -0.167. The zero-order valence-corrected chi connectivity index (χ0v) is 13.0. The SMILES string of the molecule is C[C@H](C1CC1)N(CC(F)(F)F)C(=O)CN1CC(n2cccn2)C1. The molecule has 1 atom stereocenters. The lowest BCUT2D eigenvalue weighted by Crippen LogP contribution is -2.54. The van der Waals surface area contributed by atoms with Crippen LogP contribution in [0.4, 0.5) is 13.2 Å². The van der Waals surface area contributed by atoms with E-state index in [0.717, 1.165) is 17.7 Å². The van der Waals surface area contributed by atoms with Gasteiger partial charge < -0.3 is 4.90 Å². The van der Waals surface area contributed by atoms with Gasteiger partial charge in [-0.3, -0.25) is 14.4 Å². The number of amides is 1. The number of nitrogens with zero attached hydrogens (tertiary/aromatic N) is 4. The van der Waals surface area contributed by atoms with Crippen LogP contribution in [0.15, 0.2) is 18.5 Å². The molecular formula is C15H21F3N4O. The van der Waals surface area contributed by atoms with Gasteiger partial charge in [-0.2, -0.15) is 18.3 Å². The number of carbonyl (C=O) groups is 1. The van der Waals surface area contributed by atoms with E-state index in [1.165, 1.54) is 0 Å². The van der Waals surface area contributed by atoms with Crippen molar-refractivity contribution >= 4 is 5.91 Å². The molecule has 5 nitrogen and oxygen atoms in total. The molecule has 0 bridgehead atoms. The van der Waals surface area contributed by atoms with Crippen LogP contribution in [-0.4, -0.2) is 63.9 Å². The number of halogens is 3. The van der Waals surface area contributed by atoms with Crippen LogP contribution in [-0.2, 0) is 4.79 Å². The molecule has 2 aliphatic rings. The monoisotopic (exact) mass is 330 g/mol. The van der Waals surface area contributed by atoms with Crippen molar-refractivity contribution < 1.29 is 18.0 Å². The molecule has 1 saturated carbocycles. The summed E-state index contributed by atoms with van der Waals surface area (Å²) < 4.78 is 40.1. The highest BCUT2D eigenvalue weighted by Gasteiger charge is 2.41. The molecule has 128 valence electrons. The Bertz CT molecular complexity index is 535. The fourth-order valence-electron chi connectivity index (χ4n) is 3.10. The Balaban J connectivity index is 1.54. The van der Waals surface area contributed by atoms with Gasteiger partial charge in [0.05, 0.1) is 12.6 Å². The van der Waals surface area contributed by atoms with E-state index in [1.807, 2.05) is 21.8 Å². The van der Waals surface area contributed by atoms with E-state index in [2.05, 4.69) is 5.10 Å². The summed E-state index contributed by atoms with van der Waals surface area (Å²) in [4.78, 5) is 15.2. The van der Waals surface area contributed by atoms with E-state index < -0.39 is 18.6 Å². The van der Waals surface area contributed by atoms with Gasteiger partial charge in [-0.1, -0.05) is 0 Å². The maximum Gasteiger partial charge on any atom is 0.406 e. The van der Waals surface area contributed by atoms with Gasteiger partial charge in [-0.05, 0) is 31.7 Å². The van der Waals surface area contributed by atoms with Gasteiger partial charge in [-0.25, -0.2) is 0 Å². The molecule has 8 heteroatoms. The summed E-state index contributed by atoms with van der Waals surface area (Å²) in [7, 11) is 0. The minimum absolute atomic E-state index is 0.0465. The first-order valence-corrected chi connectivity index (χ1v) is 7.91. The van der Waals surface area contributed by atoms with E-state index in [-0.39, 0.29) is 24.5 Å². The smallest absolute Gasteiger partial charge is 0.329 e. The molecule has 3 rings (SSSR count). The molecule has 1 aliphatic heterocycles. The first kappa shape index (κ1) is 16.3. The molecular weight excluding hydrogens is 309 g/mol. The molecule has 2 heterocycles. The Labute approximate surface area is 133 Å².